The predicted molar refractivity (Wildman–Crippen MR) is 102 cm³/mol. The third-order valence-electron chi connectivity index (χ3n) is 5.52. The van der Waals surface area contributed by atoms with Crippen molar-refractivity contribution < 1.29 is 19.1 Å². The van der Waals surface area contributed by atoms with Crippen LogP contribution in [0.5, 0.6) is 5.75 Å². The molecular weight excluding hydrogens is 350 g/mol. The average Bonchev–Trinajstić information content (AvgIpc) is 2.70. The van der Waals surface area contributed by atoms with Crippen LogP contribution < -0.4 is 4.74 Å². The molecular formula is C20H27NO4S. The van der Waals surface area contributed by atoms with Gasteiger partial charge in [0.25, 0.3) is 5.91 Å². The number of nitrogens with zero attached hydrogens (tertiary/aromatic N) is 1. The molecule has 1 saturated carbocycles. The average molecular weight is 378 g/mol. The van der Waals surface area contributed by atoms with Gasteiger partial charge in [-0.25, -0.2) is 4.79 Å². The van der Waals surface area contributed by atoms with Crippen LogP contribution in [0.2, 0.25) is 0 Å². The van der Waals surface area contributed by atoms with Crippen molar-refractivity contribution >= 4 is 23.6 Å². The van der Waals surface area contributed by atoms with E-state index in [0.717, 1.165) is 24.3 Å². The highest BCUT2D eigenvalue weighted by Crippen LogP contribution is 2.35. The number of ether oxygens (including phenoxy) is 2. The van der Waals surface area contributed by atoms with Crippen LogP contribution >= 0.6 is 11.8 Å². The van der Waals surface area contributed by atoms with Crippen molar-refractivity contribution in [2.45, 2.75) is 49.5 Å². The summed E-state index contributed by atoms with van der Waals surface area (Å²) in [7, 11) is 1.53. The summed E-state index contributed by atoms with van der Waals surface area (Å²) in [6, 6.07) is 5.68. The molecule has 2 atom stereocenters. The molecule has 0 spiro atoms. The molecule has 0 bridgehead atoms. The van der Waals surface area contributed by atoms with Crippen molar-refractivity contribution in [2.24, 2.45) is 5.92 Å². The van der Waals surface area contributed by atoms with E-state index in [1.54, 1.807) is 23.9 Å². The molecule has 26 heavy (non-hydrogen) atoms. The molecule has 0 unspecified atom stereocenters. The van der Waals surface area contributed by atoms with Crippen LogP contribution in [0.3, 0.4) is 0 Å². The Hall–Kier alpha value is -1.69. The molecule has 1 aliphatic carbocycles. The molecule has 1 heterocycles. The summed E-state index contributed by atoms with van der Waals surface area (Å²) < 4.78 is 10.6. The molecule has 0 aromatic heterocycles. The zero-order valence-electron chi connectivity index (χ0n) is 15.5. The second-order valence-corrected chi connectivity index (χ2v) is 7.86. The highest BCUT2D eigenvalue weighted by molar-refractivity contribution is 7.98. The minimum atomic E-state index is -0.514. The molecule has 6 heteroatoms. The second kappa shape index (κ2) is 8.80. The van der Waals surface area contributed by atoms with Gasteiger partial charge in [-0.15, -0.1) is 11.8 Å². The van der Waals surface area contributed by atoms with E-state index in [0.29, 0.717) is 23.3 Å². The number of benzene rings is 1. The van der Waals surface area contributed by atoms with E-state index < -0.39 is 5.97 Å². The number of piperidine rings is 1. The fraction of sp³-hybridized carbons (Fsp3) is 0.600. The van der Waals surface area contributed by atoms with Gasteiger partial charge < -0.3 is 14.4 Å². The van der Waals surface area contributed by atoms with E-state index in [1.165, 1.54) is 32.8 Å². The van der Waals surface area contributed by atoms with E-state index in [2.05, 4.69) is 0 Å². The quantitative estimate of drug-likeness (QED) is 0.578. The first kappa shape index (κ1) is 19.1. The van der Waals surface area contributed by atoms with Crippen LogP contribution in [0.1, 0.15) is 48.9 Å². The van der Waals surface area contributed by atoms with E-state index in [-0.39, 0.29) is 12.5 Å². The monoisotopic (exact) mass is 377 g/mol. The SMILES string of the molecule is COc1cc(SC)ccc1C(=O)OCC(=O)N1CCC[C@@H]2CCCC[C@@H]21. The first-order chi connectivity index (χ1) is 12.6. The van der Waals surface area contributed by atoms with Crippen LogP contribution in [-0.2, 0) is 9.53 Å². The number of hydrogen-bond donors (Lipinski definition) is 0. The Morgan fingerprint density at radius 1 is 1.19 bits per heavy atom. The lowest BCUT2D eigenvalue weighted by atomic mass is 9.78. The first-order valence-electron chi connectivity index (χ1n) is 9.32. The second-order valence-electron chi connectivity index (χ2n) is 6.98. The summed E-state index contributed by atoms with van der Waals surface area (Å²) >= 11 is 1.57. The van der Waals surface area contributed by atoms with Crippen molar-refractivity contribution in [3.05, 3.63) is 23.8 Å². The van der Waals surface area contributed by atoms with Gasteiger partial charge in [-0.3, -0.25) is 4.79 Å². The van der Waals surface area contributed by atoms with E-state index in [9.17, 15) is 9.59 Å². The summed E-state index contributed by atoms with van der Waals surface area (Å²) in [5.74, 6) is 0.505. The van der Waals surface area contributed by atoms with Gasteiger partial charge in [0.15, 0.2) is 6.61 Å². The third kappa shape index (κ3) is 4.17. The predicted octanol–water partition coefficient (Wildman–Crippen LogP) is 3.76. The minimum Gasteiger partial charge on any atom is -0.496 e. The molecule has 1 aromatic rings. The summed E-state index contributed by atoms with van der Waals surface area (Å²) in [6.07, 6.45) is 8.97. The molecule has 5 nitrogen and oxygen atoms in total. The molecule has 0 radical (unpaired) electrons. The molecule has 2 aliphatic rings. The molecule has 142 valence electrons. The van der Waals surface area contributed by atoms with Crippen LogP contribution in [0.15, 0.2) is 23.1 Å². The van der Waals surface area contributed by atoms with Gasteiger partial charge in [0.2, 0.25) is 0 Å². The summed E-state index contributed by atoms with van der Waals surface area (Å²) in [4.78, 5) is 28.0. The van der Waals surface area contributed by atoms with Crippen LogP contribution in [0.4, 0.5) is 0 Å². The molecule has 1 amide bonds. The van der Waals surface area contributed by atoms with Gasteiger partial charge in [-0.2, -0.15) is 0 Å². The fourth-order valence-electron chi connectivity index (χ4n) is 4.19. The number of likely N-dealkylation sites (tertiary alicyclic amines) is 1. The topological polar surface area (TPSA) is 55.8 Å². The number of fused-ring (bicyclic) bond motifs is 1. The van der Waals surface area contributed by atoms with Gasteiger partial charge in [0, 0.05) is 17.5 Å². The Morgan fingerprint density at radius 2 is 1.96 bits per heavy atom. The van der Waals surface area contributed by atoms with Crippen molar-refractivity contribution in [3.8, 4) is 5.75 Å². The highest BCUT2D eigenvalue weighted by atomic mass is 32.2. The summed E-state index contributed by atoms with van der Waals surface area (Å²) in [6.45, 7) is 0.582. The van der Waals surface area contributed by atoms with Gasteiger partial charge in [-0.1, -0.05) is 12.8 Å². The Kier molecular flexibility index (Phi) is 6.46. The molecule has 3 rings (SSSR count). The highest BCUT2D eigenvalue weighted by Gasteiger charge is 2.35. The lowest BCUT2D eigenvalue weighted by Gasteiger charge is -2.44. The maximum atomic E-state index is 12.7. The van der Waals surface area contributed by atoms with Crippen molar-refractivity contribution in [2.75, 3.05) is 26.5 Å². The molecule has 0 N–H and O–H groups in total. The zero-order chi connectivity index (χ0) is 18.5. The van der Waals surface area contributed by atoms with Crippen molar-refractivity contribution in [3.63, 3.8) is 0 Å². The Morgan fingerprint density at radius 3 is 2.73 bits per heavy atom. The normalized spacial score (nSPS) is 22.5. The maximum absolute atomic E-state index is 12.7. The third-order valence-corrected chi connectivity index (χ3v) is 6.24. The smallest absolute Gasteiger partial charge is 0.342 e. The Bertz CT molecular complexity index is 661. The van der Waals surface area contributed by atoms with Crippen LogP contribution in [0.25, 0.3) is 0 Å². The Labute approximate surface area is 159 Å². The van der Waals surface area contributed by atoms with Crippen molar-refractivity contribution in [1.29, 1.82) is 0 Å². The van der Waals surface area contributed by atoms with Crippen molar-refractivity contribution in [1.82, 2.24) is 4.90 Å². The summed E-state index contributed by atoms with van der Waals surface area (Å²) in [5.41, 5.74) is 0.354. The number of thioether (sulfide) groups is 1. The Balaban J connectivity index is 1.61. The van der Waals surface area contributed by atoms with E-state index >= 15 is 0 Å². The molecule has 1 aromatic carbocycles. The minimum absolute atomic E-state index is 0.0744. The number of rotatable bonds is 5. The maximum Gasteiger partial charge on any atom is 0.342 e. The van der Waals surface area contributed by atoms with E-state index in [4.69, 9.17) is 9.47 Å². The van der Waals surface area contributed by atoms with Gasteiger partial charge in [0.1, 0.15) is 11.3 Å². The lowest BCUT2D eigenvalue weighted by Crippen LogP contribution is -2.50. The molecule has 1 aliphatic heterocycles. The van der Waals surface area contributed by atoms with Gasteiger partial charge in [-0.05, 0) is 56.1 Å². The van der Waals surface area contributed by atoms with Gasteiger partial charge in [0.05, 0.1) is 7.11 Å². The standard InChI is InChI=1S/C20H27NO4S/c1-24-18-12-15(26-2)9-10-16(18)20(23)25-13-19(22)21-11-5-7-14-6-3-4-8-17(14)21/h9-10,12,14,17H,3-8,11,13H2,1-2H3/t14-,17-/m0/s1. The van der Waals surface area contributed by atoms with Gasteiger partial charge >= 0.3 is 5.97 Å². The first-order valence-corrected chi connectivity index (χ1v) is 10.5. The summed E-state index contributed by atoms with van der Waals surface area (Å²) in [5, 5.41) is 0. The zero-order valence-corrected chi connectivity index (χ0v) is 16.3. The number of carbonyl (C=O) groups is 2. The van der Waals surface area contributed by atoms with Crippen LogP contribution in [0, 0.1) is 5.92 Å². The number of amides is 1. The lowest BCUT2D eigenvalue weighted by molar-refractivity contribution is -0.140. The molecule has 1 saturated heterocycles. The van der Waals surface area contributed by atoms with E-state index in [1.807, 2.05) is 17.2 Å². The number of esters is 1. The molecule has 2 fully saturated rings. The number of methoxy groups -OCH3 is 1. The van der Waals surface area contributed by atoms with Crippen LogP contribution in [-0.4, -0.2) is 49.3 Å². The number of hydrogen-bond acceptors (Lipinski definition) is 5. The number of carbonyl (C=O) groups excluding carboxylic acids is 2. The fourth-order valence-corrected chi connectivity index (χ4v) is 4.62. The largest absolute Gasteiger partial charge is 0.496 e.